The predicted octanol–water partition coefficient (Wildman–Crippen LogP) is 2.98. The van der Waals surface area contributed by atoms with Gasteiger partial charge in [0.05, 0.1) is 5.69 Å². The van der Waals surface area contributed by atoms with Crippen LogP contribution < -0.4 is 10.2 Å². The standard InChI is InChI=1S/C24H29F2N5O/c1-27-24(30-13-11-29(12-14-30)22-15-20(25)8-9-21(22)26)28-10-4-7-23(32)31-16-18-5-2-3-6-19(18)17-31/h2-3,5-6,8-9,15H,4,7,10-14,16-17H2,1H3,(H,27,28). The van der Waals surface area contributed by atoms with Gasteiger partial charge >= 0.3 is 0 Å². The number of rotatable bonds is 5. The molecule has 4 rings (SSSR count). The summed E-state index contributed by atoms with van der Waals surface area (Å²) in [4.78, 5) is 22.8. The van der Waals surface area contributed by atoms with Gasteiger partial charge in [0.2, 0.25) is 5.91 Å². The summed E-state index contributed by atoms with van der Waals surface area (Å²) in [6.07, 6.45) is 1.21. The summed E-state index contributed by atoms with van der Waals surface area (Å²) in [5, 5.41) is 3.33. The van der Waals surface area contributed by atoms with Gasteiger partial charge in [-0.25, -0.2) is 8.78 Å². The summed E-state index contributed by atoms with van der Waals surface area (Å²) in [5.41, 5.74) is 2.77. The molecule has 8 heteroatoms. The maximum Gasteiger partial charge on any atom is 0.223 e. The van der Waals surface area contributed by atoms with E-state index < -0.39 is 11.6 Å². The lowest BCUT2D eigenvalue weighted by molar-refractivity contribution is -0.131. The molecule has 0 radical (unpaired) electrons. The minimum absolute atomic E-state index is 0.170. The third-order valence-electron chi connectivity index (χ3n) is 6.08. The normalized spacial score (nSPS) is 16.3. The van der Waals surface area contributed by atoms with Crippen LogP contribution in [-0.4, -0.2) is 61.4 Å². The van der Waals surface area contributed by atoms with Crippen molar-refractivity contribution in [2.45, 2.75) is 25.9 Å². The number of aliphatic imine (C=N–C) groups is 1. The second kappa shape index (κ2) is 9.97. The van der Waals surface area contributed by atoms with Crippen molar-refractivity contribution < 1.29 is 13.6 Å². The Morgan fingerprint density at radius 3 is 2.34 bits per heavy atom. The van der Waals surface area contributed by atoms with Gasteiger partial charge in [0.1, 0.15) is 11.6 Å². The first-order valence-electron chi connectivity index (χ1n) is 11.1. The second-order valence-corrected chi connectivity index (χ2v) is 8.17. The largest absolute Gasteiger partial charge is 0.366 e. The van der Waals surface area contributed by atoms with Crippen LogP contribution in [-0.2, 0) is 17.9 Å². The number of hydrogen-bond acceptors (Lipinski definition) is 3. The summed E-state index contributed by atoms with van der Waals surface area (Å²) >= 11 is 0. The number of carbonyl (C=O) groups excluding carboxylic acids is 1. The summed E-state index contributed by atoms with van der Waals surface area (Å²) in [5.74, 6) is 0.0934. The number of nitrogens with zero attached hydrogens (tertiary/aromatic N) is 4. The molecule has 0 unspecified atom stereocenters. The zero-order valence-corrected chi connectivity index (χ0v) is 18.4. The Morgan fingerprint density at radius 2 is 1.69 bits per heavy atom. The van der Waals surface area contributed by atoms with Crippen LogP contribution in [0.2, 0.25) is 0 Å². The number of fused-ring (bicyclic) bond motifs is 1. The summed E-state index contributed by atoms with van der Waals surface area (Å²) in [6, 6.07) is 11.7. The van der Waals surface area contributed by atoms with Crippen molar-refractivity contribution in [3.8, 4) is 0 Å². The van der Waals surface area contributed by atoms with Gasteiger partial charge in [-0.05, 0) is 29.7 Å². The van der Waals surface area contributed by atoms with Crippen molar-refractivity contribution in [2.75, 3.05) is 44.7 Å². The lowest BCUT2D eigenvalue weighted by Crippen LogP contribution is -2.52. The highest BCUT2D eigenvalue weighted by atomic mass is 19.1. The van der Waals surface area contributed by atoms with E-state index in [4.69, 9.17) is 0 Å². The molecular formula is C24H29F2N5O. The maximum atomic E-state index is 14.0. The average Bonchev–Trinajstić information content (AvgIpc) is 3.25. The Balaban J connectivity index is 1.20. The Hall–Kier alpha value is -3.16. The number of halogens is 2. The van der Waals surface area contributed by atoms with Gasteiger partial charge in [0.25, 0.3) is 0 Å². The van der Waals surface area contributed by atoms with E-state index in [9.17, 15) is 13.6 Å². The highest BCUT2D eigenvalue weighted by Gasteiger charge is 2.23. The van der Waals surface area contributed by atoms with Gasteiger partial charge in [-0.1, -0.05) is 24.3 Å². The molecule has 170 valence electrons. The molecule has 2 aromatic rings. The lowest BCUT2D eigenvalue weighted by Gasteiger charge is -2.37. The fourth-order valence-electron chi connectivity index (χ4n) is 4.33. The van der Waals surface area contributed by atoms with Gasteiger partial charge in [0.15, 0.2) is 5.96 Å². The second-order valence-electron chi connectivity index (χ2n) is 8.17. The number of benzene rings is 2. The van der Waals surface area contributed by atoms with Gasteiger partial charge in [-0.3, -0.25) is 9.79 Å². The quantitative estimate of drug-likeness (QED) is 0.440. The van der Waals surface area contributed by atoms with Crippen LogP contribution in [0, 0.1) is 11.6 Å². The van der Waals surface area contributed by atoms with E-state index in [1.165, 1.54) is 23.3 Å². The van der Waals surface area contributed by atoms with Crippen LogP contribution in [0.1, 0.15) is 24.0 Å². The number of guanidine groups is 1. The van der Waals surface area contributed by atoms with Crippen molar-refractivity contribution in [2.24, 2.45) is 4.99 Å². The third kappa shape index (κ3) is 5.00. The van der Waals surface area contributed by atoms with Crippen LogP contribution >= 0.6 is 0 Å². The number of nitrogens with one attached hydrogen (secondary N) is 1. The van der Waals surface area contributed by atoms with Gasteiger partial charge in [-0.15, -0.1) is 0 Å². The monoisotopic (exact) mass is 441 g/mol. The van der Waals surface area contributed by atoms with E-state index in [1.807, 2.05) is 21.9 Å². The molecule has 1 N–H and O–H groups in total. The zero-order valence-electron chi connectivity index (χ0n) is 18.4. The molecule has 1 amide bonds. The molecule has 0 aromatic heterocycles. The van der Waals surface area contributed by atoms with Crippen molar-refractivity contribution >= 4 is 17.6 Å². The Labute approximate surface area is 187 Å². The SMILES string of the molecule is CN=C(NCCCC(=O)N1Cc2ccccc2C1)N1CCN(c2cc(F)ccc2F)CC1. The molecule has 0 saturated carbocycles. The van der Waals surface area contributed by atoms with E-state index in [1.54, 1.807) is 7.05 Å². The van der Waals surface area contributed by atoms with Crippen LogP contribution in [0.4, 0.5) is 14.5 Å². The Morgan fingerprint density at radius 1 is 1.00 bits per heavy atom. The van der Waals surface area contributed by atoms with E-state index in [2.05, 4.69) is 27.3 Å². The number of amides is 1. The molecule has 1 saturated heterocycles. The van der Waals surface area contributed by atoms with Crippen LogP contribution in [0.5, 0.6) is 0 Å². The molecule has 0 atom stereocenters. The molecular weight excluding hydrogens is 412 g/mol. The van der Waals surface area contributed by atoms with Crippen molar-refractivity contribution in [1.29, 1.82) is 0 Å². The van der Waals surface area contributed by atoms with Crippen LogP contribution in [0.15, 0.2) is 47.5 Å². The molecule has 6 nitrogen and oxygen atoms in total. The van der Waals surface area contributed by atoms with E-state index >= 15 is 0 Å². The molecule has 0 aliphatic carbocycles. The minimum Gasteiger partial charge on any atom is -0.366 e. The predicted molar refractivity (Wildman–Crippen MR) is 121 cm³/mol. The molecule has 2 aliphatic heterocycles. The summed E-state index contributed by atoms with van der Waals surface area (Å²) < 4.78 is 27.5. The van der Waals surface area contributed by atoms with Crippen molar-refractivity contribution in [3.63, 3.8) is 0 Å². The van der Waals surface area contributed by atoms with Crippen molar-refractivity contribution in [3.05, 3.63) is 65.2 Å². The number of carbonyl (C=O) groups is 1. The average molecular weight is 442 g/mol. The highest BCUT2D eigenvalue weighted by Crippen LogP contribution is 2.23. The maximum absolute atomic E-state index is 14.0. The zero-order chi connectivity index (χ0) is 22.5. The van der Waals surface area contributed by atoms with Gasteiger partial charge in [0, 0.05) is 65.3 Å². The number of anilines is 1. The molecule has 2 aromatic carbocycles. The number of piperazine rings is 1. The minimum atomic E-state index is -0.436. The van der Waals surface area contributed by atoms with E-state index in [0.717, 1.165) is 18.4 Å². The first-order chi connectivity index (χ1) is 15.5. The number of hydrogen-bond donors (Lipinski definition) is 1. The Bertz CT molecular complexity index is 963. The van der Waals surface area contributed by atoms with E-state index in [-0.39, 0.29) is 5.91 Å². The molecule has 2 heterocycles. The lowest BCUT2D eigenvalue weighted by atomic mass is 10.1. The summed E-state index contributed by atoms with van der Waals surface area (Å²) in [6.45, 7) is 4.50. The first kappa shape index (κ1) is 22.0. The topological polar surface area (TPSA) is 51.2 Å². The molecule has 1 fully saturated rings. The highest BCUT2D eigenvalue weighted by molar-refractivity contribution is 5.80. The Kier molecular flexibility index (Phi) is 6.87. The molecule has 32 heavy (non-hydrogen) atoms. The molecule has 0 spiro atoms. The van der Waals surface area contributed by atoms with Gasteiger partial charge in [-0.2, -0.15) is 0 Å². The van der Waals surface area contributed by atoms with Crippen LogP contribution in [0.3, 0.4) is 0 Å². The molecule has 2 aliphatic rings. The van der Waals surface area contributed by atoms with Gasteiger partial charge < -0.3 is 20.0 Å². The fraction of sp³-hybridized carbons (Fsp3) is 0.417. The van der Waals surface area contributed by atoms with Crippen LogP contribution in [0.25, 0.3) is 0 Å². The molecule has 0 bridgehead atoms. The van der Waals surface area contributed by atoms with Crippen molar-refractivity contribution in [1.82, 2.24) is 15.1 Å². The third-order valence-corrected chi connectivity index (χ3v) is 6.08. The smallest absolute Gasteiger partial charge is 0.223 e. The summed E-state index contributed by atoms with van der Waals surface area (Å²) in [7, 11) is 1.73. The fourth-order valence-corrected chi connectivity index (χ4v) is 4.33. The first-order valence-corrected chi connectivity index (χ1v) is 11.1. The van der Waals surface area contributed by atoms with E-state index in [0.29, 0.717) is 57.9 Å².